The van der Waals surface area contributed by atoms with Crippen molar-refractivity contribution in [3.63, 3.8) is 0 Å². The van der Waals surface area contributed by atoms with Crippen LogP contribution in [0.1, 0.15) is 56.3 Å². The van der Waals surface area contributed by atoms with Crippen molar-refractivity contribution in [3.05, 3.63) is 11.7 Å². The Labute approximate surface area is 119 Å². The van der Waals surface area contributed by atoms with Crippen molar-refractivity contribution in [1.29, 1.82) is 0 Å². The Morgan fingerprint density at radius 3 is 2.85 bits per heavy atom. The van der Waals surface area contributed by atoms with Gasteiger partial charge in [-0.2, -0.15) is 4.98 Å². The first kappa shape index (κ1) is 14.0. The van der Waals surface area contributed by atoms with Crippen molar-refractivity contribution in [1.82, 2.24) is 15.0 Å². The highest BCUT2D eigenvalue weighted by atomic mass is 32.2. The Morgan fingerprint density at radius 1 is 1.35 bits per heavy atom. The van der Waals surface area contributed by atoms with Gasteiger partial charge < -0.3 is 4.52 Å². The number of sulfone groups is 1. The fourth-order valence-electron chi connectivity index (χ4n) is 2.67. The van der Waals surface area contributed by atoms with Crippen LogP contribution in [0.5, 0.6) is 0 Å². The molecule has 1 aliphatic carbocycles. The molecule has 3 rings (SSSR count). The van der Waals surface area contributed by atoms with Gasteiger partial charge in [0.2, 0.25) is 5.89 Å². The van der Waals surface area contributed by atoms with Gasteiger partial charge in [0.25, 0.3) is 0 Å². The molecular formula is C13H21N3O3S. The predicted molar refractivity (Wildman–Crippen MR) is 74.1 cm³/mol. The lowest BCUT2D eigenvalue weighted by molar-refractivity contribution is 0.255. The van der Waals surface area contributed by atoms with Gasteiger partial charge in [0.15, 0.2) is 15.7 Å². The van der Waals surface area contributed by atoms with Crippen molar-refractivity contribution in [3.8, 4) is 0 Å². The van der Waals surface area contributed by atoms with E-state index in [4.69, 9.17) is 4.52 Å². The molecule has 0 amide bonds. The topological polar surface area (TPSA) is 76.3 Å². The molecule has 1 aromatic rings. The normalized spacial score (nSPS) is 24.4. The standard InChI is InChI=1S/C13H21N3O3S/c1-2-20(17,18)9-8-16-7-3-4-11(16)12-14-13(19-15-12)10-5-6-10/h10-11H,2-9H2,1H3/t11-/m0/s1. The largest absolute Gasteiger partial charge is 0.339 e. The van der Waals surface area contributed by atoms with E-state index in [1.807, 2.05) is 0 Å². The third-order valence-corrected chi connectivity index (χ3v) is 5.86. The number of aromatic nitrogens is 2. The zero-order valence-corrected chi connectivity index (χ0v) is 12.6. The van der Waals surface area contributed by atoms with Crippen LogP contribution >= 0.6 is 0 Å². The van der Waals surface area contributed by atoms with E-state index in [1.165, 1.54) is 0 Å². The van der Waals surface area contributed by atoms with E-state index in [0.29, 0.717) is 12.5 Å². The number of rotatable bonds is 6. The van der Waals surface area contributed by atoms with E-state index in [2.05, 4.69) is 15.0 Å². The van der Waals surface area contributed by atoms with E-state index < -0.39 is 9.84 Å². The highest BCUT2D eigenvalue weighted by Gasteiger charge is 2.34. The van der Waals surface area contributed by atoms with Gasteiger partial charge in [-0.25, -0.2) is 8.42 Å². The lowest BCUT2D eigenvalue weighted by Gasteiger charge is -2.21. The fourth-order valence-corrected chi connectivity index (χ4v) is 3.47. The van der Waals surface area contributed by atoms with E-state index in [9.17, 15) is 8.42 Å². The number of nitrogens with zero attached hydrogens (tertiary/aromatic N) is 3. The molecule has 1 atom stereocenters. The summed E-state index contributed by atoms with van der Waals surface area (Å²) in [6.07, 6.45) is 4.33. The summed E-state index contributed by atoms with van der Waals surface area (Å²) in [5.41, 5.74) is 0. The molecule has 6 nitrogen and oxygen atoms in total. The molecule has 0 unspecified atom stereocenters. The third-order valence-electron chi connectivity index (χ3n) is 4.18. The van der Waals surface area contributed by atoms with Gasteiger partial charge >= 0.3 is 0 Å². The molecule has 1 aliphatic heterocycles. The van der Waals surface area contributed by atoms with E-state index in [-0.39, 0.29) is 17.5 Å². The van der Waals surface area contributed by atoms with Crippen LogP contribution in [0.25, 0.3) is 0 Å². The SMILES string of the molecule is CCS(=O)(=O)CCN1CCC[C@H]1c1noc(C2CC2)n1. The molecule has 0 N–H and O–H groups in total. The van der Waals surface area contributed by atoms with Crippen molar-refractivity contribution in [2.75, 3.05) is 24.6 Å². The van der Waals surface area contributed by atoms with Gasteiger partial charge in [-0.3, -0.25) is 4.90 Å². The minimum Gasteiger partial charge on any atom is -0.339 e. The Hall–Kier alpha value is -0.950. The maximum Gasteiger partial charge on any atom is 0.229 e. The second-order valence-electron chi connectivity index (χ2n) is 5.70. The van der Waals surface area contributed by atoms with Crippen LogP contribution in [0.3, 0.4) is 0 Å². The number of likely N-dealkylation sites (tertiary alicyclic amines) is 1. The van der Waals surface area contributed by atoms with E-state index in [0.717, 1.165) is 43.9 Å². The van der Waals surface area contributed by atoms with Gasteiger partial charge in [-0.1, -0.05) is 12.1 Å². The van der Waals surface area contributed by atoms with Crippen molar-refractivity contribution < 1.29 is 12.9 Å². The highest BCUT2D eigenvalue weighted by molar-refractivity contribution is 7.91. The van der Waals surface area contributed by atoms with Crippen LogP contribution < -0.4 is 0 Å². The summed E-state index contributed by atoms with van der Waals surface area (Å²) in [4.78, 5) is 6.68. The molecule has 0 spiro atoms. The molecule has 1 aromatic heterocycles. The average Bonchev–Trinajstić information content (AvgIpc) is 3.00. The fraction of sp³-hybridized carbons (Fsp3) is 0.846. The zero-order chi connectivity index (χ0) is 14.2. The third kappa shape index (κ3) is 3.03. The number of hydrogen-bond donors (Lipinski definition) is 0. The molecule has 112 valence electrons. The molecule has 7 heteroatoms. The lowest BCUT2D eigenvalue weighted by Crippen LogP contribution is -2.30. The highest BCUT2D eigenvalue weighted by Crippen LogP contribution is 2.40. The molecule has 0 bridgehead atoms. The second kappa shape index (κ2) is 5.44. The first-order valence-corrected chi connectivity index (χ1v) is 9.19. The van der Waals surface area contributed by atoms with Gasteiger partial charge in [-0.05, 0) is 32.2 Å². The van der Waals surface area contributed by atoms with Crippen molar-refractivity contribution >= 4 is 9.84 Å². The summed E-state index contributed by atoms with van der Waals surface area (Å²) in [6, 6.07) is 0.123. The van der Waals surface area contributed by atoms with Gasteiger partial charge in [0.1, 0.15) is 0 Å². The van der Waals surface area contributed by atoms with Crippen molar-refractivity contribution in [2.24, 2.45) is 0 Å². The summed E-state index contributed by atoms with van der Waals surface area (Å²) >= 11 is 0. The molecule has 2 aliphatic rings. The maximum absolute atomic E-state index is 11.6. The Morgan fingerprint density at radius 2 is 2.15 bits per heavy atom. The smallest absolute Gasteiger partial charge is 0.229 e. The van der Waals surface area contributed by atoms with E-state index in [1.54, 1.807) is 6.92 Å². The molecular weight excluding hydrogens is 278 g/mol. The molecule has 0 radical (unpaired) electrons. The molecule has 1 saturated carbocycles. The Kier molecular flexibility index (Phi) is 3.81. The summed E-state index contributed by atoms with van der Waals surface area (Å²) in [6.45, 7) is 3.17. The predicted octanol–water partition coefficient (Wildman–Crippen LogP) is 1.52. The van der Waals surface area contributed by atoms with Crippen LogP contribution in [0, 0.1) is 0 Å². The van der Waals surface area contributed by atoms with Crippen molar-refractivity contribution in [2.45, 2.75) is 44.6 Å². The quantitative estimate of drug-likeness (QED) is 0.792. The second-order valence-corrected chi connectivity index (χ2v) is 8.17. The summed E-state index contributed by atoms with van der Waals surface area (Å²) in [7, 11) is -2.92. The first-order valence-electron chi connectivity index (χ1n) is 7.37. The molecule has 2 fully saturated rings. The van der Waals surface area contributed by atoms with Gasteiger partial charge in [-0.15, -0.1) is 0 Å². The minimum absolute atomic E-state index is 0.123. The Balaban J connectivity index is 1.65. The van der Waals surface area contributed by atoms with Crippen LogP contribution in [0.2, 0.25) is 0 Å². The number of hydrogen-bond acceptors (Lipinski definition) is 6. The van der Waals surface area contributed by atoms with E-state index >= 15 is 0 Å². The van der Waals surface area contributed by atoms with Crippen LogP contribution in [0.4, 0.5) is 0 Å². The molecule has 20 heavy (non-hydrogen) atoms. The monoisotopic (exact) mass is 299 g/mol. The molecule has 1 saturated heterocycles. The molecule has 2 heterocycles. The average molecular weight is 299 g/mol. The van der Waals surface area contributed by atoms with Crippen LogP contribution in [-0.2, 0) is 9.84 Å². The summed E-state index contributed by atoms with van der Waals surface area (Å²) in [5, 5.41) is 4.10. The minimum atomic E-state index is -2.92. The lowest BCUT2D eigenvalue weighted by atomic mass is 10.2. The van der Waals surface area contributed by atoms with Gasteiger partial charge in [0.05, 0.1) is 11.8 Å². The summed E-state index contributed by atoms with van der Waals surface area (Å²) in [5.74, 6) is 2.38. The maximum atomic E-state index is 11.6. The van der Waals surface area contributed by atoms with Crippen LogP contribution in [0.15, 0.2) is 4.52 Å². The van der Waals surface area contributed by atoms with Gasteiger partial charge in [0, 0.05) is 18.2 Å². The Bertz CT molecular complexity index is 565. The first-order chi connectivity index (χ1) is 9.59. The zero-order valence-electron chi connectivity index (χ0n) is 11.8. The molecule has 0 aromatic carbocycles. The summed E-state index contributed by atoms with van der Waals surface area (Å²) < 4.78 is 28.6. The van der Waals surface area contributed by atoms with Crippen LogP contribution in [-0.4, -0.2) is 48.1 Å².